The van der Waals surface area contributed by atoms with Gasteiger partial charge in [-0.1, -0.05) is 63.2 Å². The number of hydrogen-bond acceptors (Lipinski definition) is 4. The second-order valence-electron chi connectivity index (χ2n) is 9.06. The Labute approximate surface area is 196 Å². The first-order valence-electron chi connectivity index (χ1n) is 10.4. The van der Waals surface area contributed by atoms with Gasteiger partial charge in [0.1, 0.15) is 15.1 Å². The fourth-order valence-corrected chi connectivity index (χ4v) is 5.36. The summed E-state index contributed by atoms with van der Waals surface area (Å²) >= 11 is 2.50. The molecule has 0 aliphatic carbocycles. The van der Waals surface area contributed by atoms with Crippen molar-refractivity contribution in [2.24, 2.45) is 5.41 Å². The Balaban J connectivity index is 2.06. The maximum atomic E-state index is 6.38. The first-order chi connectivity index (χ1) is 14.2. The van der Waals surface area contributed by atoms with Crippen LogP contribution < -0.4 is 10.1 Å². The minimum absolute atomic E-state index is 0.0598. The van der Waals surface area contributed by atoms with Gasteiger partial charge >= 0.3 is 0 Å². The molecule has 6 heteroatoms. The third-order valence-corrected chi connectivity index (χ3v) is 7.62. The number of methoxy groups -OCH3 is 1. The molecule has 0 spiro atoms. The van der Waals surface area contributed by atoms with Crippen molar-refractivity contribution in [2.45, 2.75) is 46.1 Å². The van der Waals surface area contributed by atoms with E-state index in [4.69, 9.17) is 9.16 Å². The van der Waals surface area contributed by atoms with Crippen LogP contribution >= 0.6 is 22.6 Å². The molecule has 1 atom stereocenters. The monoisotopic (exact) mass is 536 g/mol. The summed E-state index contributed by atoms with van der Waals surface area (Å²) in [6, 6.07) is 18.9. The van der Waals surface area contributed by atoms with Gasteiger partial charge in [-0.2, -0.15) is 0 Å². The molecule has 2 aromatic carbocycles. The Bertz CT molecular complexity index is 878. The highest BCUT2D eigenvalue weighted by Gasteiger charge is 2.52. The van der Waals surface area contributed by atoms with Crippen LogP contribution in [0, 0.1) is 5.41 Å². The molecule has 0 saturated carbocycles. The summed E-state index contributed by atoms with van der Waals surface area (Å²) in [5, 5.41) is 3.93. The smallest absolute Gasteiger partial charge is 0.171 e. The van der Waals surface area contributed by atoms with E-state index in [0.29, 0.717) is 6.61 Å². The maximum Gasteiger partial charge on any atom is 0.171 e. The first-order valence-corrected chi connectivity index (χ1v) is 14.3. The van der Waals surface area contributed by atoms with Crippen molar-refractivity contribution >= 4 is 37.3 Å². The second kappa shape index (κ2) is 9.32. The van der Waals surface area contributed by atoms with Crippen LogP contribution in [-0.2, 0) is 11.0 Å². The number of hydrogen-bond donors (Lipinski definition) is 1. The van der Waals surface area contributed by atoms with Gasteiger partial charge < -0.3 is 19.4 Å². The third-order valence-electron chi connectivity index (χ3n) is 5.66. The Hall–Kier alpha value is -1.51. The van der Waals surface area contributed by atoms with Crippen LogP contribution in [0.3, 0.4) is 0 Å². The Morgan fingerprint density at radius 3 is 2.20 bits per heavy atom. The molecule has 1 N–H and O–H groups in total. The normalized spacial score (nSPS) is 19.4. The van der Waals surface area contributed by atoms with E-state index in [9.17, 15) is 0 Å². The van der Waals surface area contributed by atoms with E-state index in [1.54, 1.807) is 7.11 Å². The number of nitrogens with zero attached hydrogens (tertiary/aromatic N) is 1. The molecule has 30 heavy (non-hydrogen) atoms. The summed E-state index contributed by atoms with van der Waals surface area (Å²) in [4.78, 5) is 2.49. The van der Waals surface area contributed by atoms with Crippen LogP contribution in [0.25, 0.3) is 5.70 Å². The minimum Gasteiger partial charge on any atom is -0.497 e. The minimum atomic E-state index is -1.18. The molecule has 0 radical (unpaired) electrons. The Morgan fingerprint density at radius 1 is 1.03 bits per heavy atom. The van der Waals surface area contributed by atoms with Gasteiger partial charge in [0.2, 0.25) is 0 Å². The lowest BCUT2D eigenvalue weighted by Crippen LogP contribution is -2.64. The molecule has 3 rings (SSSR count). The zero-order valence-corrected chi connectivity index (χ0v) is 22.1. The highest BCUT2D eigenvalue weighted by atomic mass is 127. The number of rotatable bonds is 7. The quantitative estimate of drug-likeness (QED) is 0.284. The van der Waals surface area contributed by atoms with Gasteiger partial charge in [-0.25, -0.2) is 0 Å². The van der Waals surface area contributed by atoms with Crippen molar-refractivity contribution < 1.29 is 9.16 Å². The highest BCUT2D eigenvalue weighted by molar-refractivity contribution is 14.1. The van der Waals surface area contributed by atoms with E-state index >= 15 is 0 Å². The van der Waals surface area contributed by atoms with Gasteiger partial charge in [0, 0.05) is 17.5 Å². The van der Waals surface area contributed by atoms with Gasteiger partial charge in [-0.05, 0) is 53.4 Å². The molecule has 1 aliphatic rings. The molecule has 2 aromatic rings. The van der Waals surface area contributed by atoms with Crippen molar-refractivity contribution in [2.75, 3.05) is 13.7 Å². The van der Waals surface area contributed by atoms with E-state index in [0.717, 1.165) is 12.3 Å². The summed E-state index contributed by atoms with van der Waals surface area (Å²) in [5.74, 6) is 0.879. The van der Waals surface area contributed by atoms with Crippen molar-refractivity contribution in [3.05, 3.63) is 69.4 Å². The van der Waals surface area contributed by atoms with E-state index in [2.05, 4.69) is 109 Å². The molecular weight excluding hydrogens is 503 g/mol. The number of nitrogens with one attached hydrogen (secondary N) is 1. The van der Waals surface area contributed by atoms with Gasteiger partial charge in [-0.15, -0.1) is 0 Å². The topological polar surface area (TPSA) is 33.7 Å². The largest absolute Gasteiger partial charge is 0.497 e. The zero-order valence-electron chi connectivity index (χ0n) is 18.8. The molecule has 0 bridgehead atoms. The summed E-state index contributed by atoms with van der Waals surface area (Å²) in [7, 11) is 0.519. The Morgan fingerprint density at radius 2 is 1.67 bits per heavy atom. The van der Waals surface area contributed by atoms with Crippen molar-refractivity contribution in [1.29, 1.82) is 0 Å². The number of halogens is 1. The van der Waals surface area contributed by atoms with Crippen LogP contribution in [0.2, 0.25) is 13.1 Å². The van der Waals surface area contributed by atoms with Crippen molar-refractivity contribution in [3.8, 4) is 5.75 Å². The van der Waals surface area contributed by atoms with E-state index < -0.39 is 9.04 Å². The molecule has 0 saturated heterocycles. The fraction of sp³-hybridized carbons (Fsp3) is 0.417. The molecule has 0 amide bonds. The summed E-state index contributed by atoms with van der Waals surface area (Å²) in [6.45, 7) is 12.8. The van der Waals surface area contributed by atoms with Gasteiger partial charge in [0.25, 0.3) is 0 Å². The average molecular weight is 537 g/mol. The molecular formula is C24H33IN2O2Si. The molecule has 0 aromatic heterocycles. The molecule has 1 unspecified atom stereocenters. The molecule has 4 nitrogen and oxygen atoms in total. The third kappa shape index (κ3) is 4.70. The second-order valence-corrected chi connectivity index (χ2v) is 12.5. The van der Waals surface area contributed by atoms with Crippen LogP contribution in [0.1, 0.15) is 31.9 Å². The van der Waals surface area contributed by atoms with Crippen LogP contribution in [0.5, 0.6) is 5.75 Å². The predicted molar refractivity (Wildman–Crippen MR) is 136 cm³/mol. The van der Waals surface area contributed by atoms with Crippen molar-refractivity contribution in [3.63, 3.8) is 0 Å². The molecule has 1 heterocycles. The van der Waals surface area contributed by atoms with Crippen LogP contribution in [0.4, 0.5) is 0 Å². The Kier molecular flexibility index (Phi) is 7.19. The maximum absolute atomic E-state index is 6.38. The highest BCUT2D eigenvalue weighted by Crippen LogP contribution is 2.47. The lowest BCUT2D eigenvalue weighted by atomic mass is 9.79. The predicted octanol–water partition coefficient (Wildman–Crippen LogP) is 5.60. The summed E-state index contributed by atoms with van der Waals surface area (Å²) in [6.07, 6.45) is 0. The van der Waals surface area contributed by atoms with Gasteiger partial charge in [0.05, 0.1) is 19.4 Å². The van der Waals surface area contributed by atoms with Gasteiger partial charge in [-0.3, -0.25) is 0 Å². The van der Waals surface area contributed by atoms with E-state index in [1.165, 1.54) is 20.5 Å². The van der Waals surface area contributed by atoms with Gasteiger partial charge in [0.15, 0.2) is 9.04 Å². The molecule has 162 valence electrons. The van der Waals surface area contributed by atoms with Crippen LogP contribution in [-0.4, -0.2) is 33.3 Å². The zero-order chi connectivity index (χ0) is 21.9. The van der Waals surface area contributed by atoms with Crippen LogP contribution in [0.15, 0.2) is 58.3 Å². The lowest BCUT2D eigenvalue weighted by molar-refractivity contribution is -0.0226. The van der Waals surface area contributed by atoms with E-state index in [-0.39, 0.29) is 11.1 Å². The molecule has 1 aliphatic heterocycles. The lowest BCUT2D eigenvalue weighted by Gasteiger charge is -2.50. The van der Waals surface area contributed by atoms with E-state index in [1.807, 2.05) is 12.1 Å². The number of benzene rings is 2. The summed E-state index contributed by atoms with van der Waals surface area (Å²) in [5.41, 5.74) is 3.22. The van der Waals surface area contributed by atoms with Crippen molar-refractivity contribution in [1.82, 2.24) is 10.2 Å². The SMILES string of the molecule is COc1ccc(CN2C(I)=C(c3ccccc3)NC2(CO[SiH](C)C)C(C)(C)C)cc1. The first kappa shape index (κ1) is 23.2. The number of ether oxygens (including phenoxy) is 1. The fourth-order valence-electron chi connectivity index (χ4n) is 3.75. The molecule has 0 fully saturated rings. The standard InChI is InChI=1S/C24H33IN2O2Si/c1-23(2,3)24(17-29-30(5)6)26-21(19-10-8-7-9-11-19)22(25)27(24)16-18-12-14-20(28-4)15-13-18/h7-15,26,30H,16-17H2,1-6H3. The summed E-state index contributed by atoms with van der Waals surface area (Å²) < 4.78 is 12.9. The average Bonchev–Trinajstić information content (AvgIpc) is 3.00.